The van der Waals surface area contributed by atoms with Crippen LogP contribution in [0.25, 0.3) is 0 Å². The van der Waals surface area contributed by atoms with Gasteiger partial charge in [0.2, 0.25) is 0 Å². The molecule has 2 aromatic rings. The summed E-state index contributed by atoms with van der Waals surface area (Å²) in [6.45, 7) is 5.08. The molecule has 0 aliphatic carbocycles. The lowest BCUT2D eigenvalue weighted by atomic mass is 10.1. The van der Waals surface area contributed by atoms with Crippen molar-refractivity contribution in [3.63, 3.8) is 0 Å². The molecule has 0 saturated heterocycles. The van der Waals surface area contributed by atoms with Gasteiger partial charge >= 0.3 is 0 Å². The summed E-state index contributed by atoms with van der Waals surface area (Å²) in [4.78, 5) is 4.46. The molecule has 18 heavy (non-hydrogen) atoms. The van der Waals surface area contributed by atoms with E-state index in [-0.39, 0.29) is 6.04 Å². The normalized spacial score (nSPS) is 12.8. The van der Waals surface area contributed by atoms with Crippen molar-refractivity contribution in [3.05, 3.63) is 34.0 Å². The minimum atomic E-state index is 0.0705. The van der Waals surface area contributed by atoms with Crippen LogP contribution >= 0.6 is 11.3 Å². The molecule has 0 aliphatic rings. The van der Waals surface area contributed by atoms with Crippen LogP contribution in [-0.2, 0) is 13.0 Å². The lowest BCUT2D eigenvalue weighted by molar-refractivity contribution is 0.547. The topological polar surface area (TPSA) is 68.8 Å². The van der Waals surface area contributed by atoms with E-state index >= 15 is 0 Å². The lowest BCUT2D eigenvalue weighted by Crippen LogP contribution is -2.29. The fourth-order valence-corrected chi connectivity index (χ4v) is 2.67. The first-order valence-corrected chi connectivity index (χ1v) is 7.00. The number of nitrogens with one attached hydrogen (secondary N) is 1. The van der Waals surface area contributed by atoms with Gasteiger partial charge in [0.25, 0.3) is 0 Å². The predicted octanol–water partition coefficient (Wildman–Crippen LogP) is 1.81. The first-order chi connectivity index (χ1) is 8.72. The minimum Gasteiger partial charge on any atom is -0.272 e. The van der Waals surface area contributed by atoms with Gasteiger partial charge in [-0.15, -0.1) is 11.3 Å². The van der Waals surface area contributed by atoms with Crippen LogP contribution in [0.4, 0.5) is 0 Å². The second kappa shape index (κ2) is 6.08. The van der Waals surface area contributed by atoms with Crippen LogP contribution in [0.5, 0.6) is 0 Å². The second-order valence-corrected chi connectivity index (χ2v) is 5.29. The number of hydrogen-bond donors (Lipinski definition) is 2. The average Bonchev–Trinajstić information content (AvgIpc) is 2.96. The molecule has 5 nitrogen and oxygen atoms in total. The van der Waals surface area contributed by atoms with E-state index in [0.29, 0.717) is 0 Å². The third kappa shape index (κ3) is 3.16. The molecule has 0 radical (unpaired) electrons. The first-order valence-electron chi connectivity index (χ1n) is 6.12. The largest absolute Gasteiger partial charge is 0.272 e. The average molecular weight is 265 g/mol. The van der Waals surface area contributed by atoms with Crippen molar-refractivity contribution >= 4 is 11.3 Å². The van der Waals surface area contributed by atoms with Crippen LogP contribution in [0, 0.1) is 6.92 Å². The Labute approximate surface area is 111 Å². The van der Waals surface area contributed by atoms with Crippen LogP contribution in [0.15, 0.2) is 17.8 Å². The van der Waals surface area contributed by atoms with Crippen molar-refractivity contribution in [2.24, 2.45) is 5.84 Å². The van der Waals surface area contributed by atoms with Gasteiger partial charge in [-0.25, -0.2) is 4.98 Å². The summed E-state index contributed by atoms with van der Waals surface area (Å²) >= 11 is 1.67. The van der Waals surface area contributed by atoms with E-state index in [1.165, 1.54) is 0 Å². The zero-order valence-electron chi connectivity index (χ0n) is 10.8. The van der Waals surface area contributed by atoms with Crippen molar-refractivity contribution in [1.29, 1.82) is 0 Å². The van der Waals surface area contributed by atoms with Gasteiger partial charge in [0.05, 0.1) is 17.2 Å². The van der Waals surface area contributed by atoms with Gasteiger partial charge in [-0.2, -0.15) is 5.10 Å². The van der Waals surface area contributed by atoms with Gasteiger partial charge < -0.3 is 0 Å². The molecular weight excluding hydrogens is 246 g/mol. The van der Waals surface area contributed by atoms with E-state index < -0.39 is 0 Å². The Morgan fingerprint density at radius 3 is 3.00 bits per heavy atom. The van der Waals surface area contributed by atoms with E-state index in [1.807, 2.05) is 17.8 Å². The third-order valence-corrected chi connectivity index (χ3v) is 3.74. The highest BCUT2D eigenvalue weighted by molar-refractivity contribution is 7.09. The van der Waals surface area contributed by atoms with Crippen LogP contribution in [-0.4, -0.2) is 14.8 Å². The summed E-state index contributed by atoms with van der Waals surface area (Å²) in [6, 6.07) is 0.0705. The van der Waals surface area contributed by atoms with Crippen LogP contribution in [0.3, 0.4) is 0 Å². The van der Waals surface area contributed by atoms with Gasteiger partial charge in [0.1, 0.15) is 0 Å². The maximum atomic E-state index is 5.63. The summed E-state index contributed by atoms with van der Waals surface area (Å²) in [6.07, 6.45) is 5.80. The number of thiazole rings is 1. The van der Waals surface area contributed by atoms with Crippen LogP contribution < -0.4 is 11.3 Å². The fourth-order valence-electron chi connectivity index (χ4n) is 1.85. The molecule has 0 aromatic carbocycles. The molecule has 0 fully saturated rings. The zero-order chi connectivity index (χ0) is 13.0. The standard InChI is InChI=1S/C12H19N5S/c1-3-4-17-7-10(6-14-17)11(16-13)5-12-15-9(2)8-18-12/h6-8,11,16H,3-5,13H2,1-2H3. The third-order valence-electron chi connectivity index (χ3n) is 2.75. The molecule has 1 unspecified atom stereocenters. The van der Waals surface area contributed by atoms with Crippen molar-refractivity contribution in [1.82, 2.24) is 20.2 Å². The van der Waals surface area contributed by atoms with Crippen LogP contribution in [0.1, 0.15) is 35.7 Å². The minimum absolute atomic E-state index is 0.0705. The van der Waals surface area contributed by atoms with Crippen molar-refractivity contribution < 1.29 is 0 Å². The van der Waals surface area contributed by atoms with Gasteiger partial charge in [-0.1, -0.05) is 6.92 Å². The molecule has 0 amide bonds. The van der Waals surface area contributed by atoms with Crippen molar-refractivity contribution in [2.75, 3.05) is 0 Å². The maximum Gasteiger partial charge on any atom is 0.0947 e. The zero-order valence-corrected chi connectivity index (χ0v) is 11.6. The SMILES string of the molecule is CCCn1cc(C(Cc2nc(C)cs2)NN)cn1. The number of nitrogens with zero attached hydrogens (tertiary/aromatic N) is 3. The fraction of sp³-hybridized carbons (Fsp3) is 0.500. The Hall–Kier alpha value is -1.24. The number of aryl methyl sites for hydroxylation is 2. The Balaban J connectivity index is 2.07. The first kappa shape index (κ1) is 13.2. The monoisotopic (exact) mass is 265 g/mol. The molecule has 3 N–H and O–H groups in total. The molecule has 0 aliphatic heterocycles. The molecule has 98 valence electrons. The number of rotatable bonds is 6. The van der Waals surface area contributed by atoms with E-state index in [0.717, 1.165) is 35.7 Å². The van der Waals surface area contributed by atoms with E-state index in [2.05, 4.69) is 34.0 Å². The summed E-state index contributed by atoms with van der Waals surface area (Å²) in [5, 5.41) is 7.48. The molecule has 2 aromatic heterocycles. The van der Waals surface area contributed by atoms with Crippen molar-refractivity contribution in [3.8, 4) is 0 Å². The summed E-state index contributed by atoms with van der Waals surface area (Å²) < 4.78 is 1.95. The Bertz CT molecular complexity index is 490. The number of hydrogen-bond acceptors (Lipinski definition) is 5. The summed E-state index contributed by atoms with van der Waals surface area (Å²) in [7, 11) is 0. The highest BCUT2D eigenvalue weighted by Gasteiger charge is 2.14. The second-order valence-electron chi connectivity index (χ2n) is 4.34. The molecule has 2 rings (SSSR count). The predicted molar refractivity (Wildman–Crippen MR) is 73.1 cm³/mol. The van der Waals surface area contributed by atoms with E-state index in [4.69, 9.17) is 5.84 Å². The summed E-state index contributed by atoms with van der Waals surface area (Å²) in [5.74, 6) is 5.63. The molecule has 1 atom stereocenters. The Morgan fingerprint density at radius 1 is 1.56 bits per heavy atom. The van der Waals surface area contributed by atoms with Gasteiger partial charge in [-0.05, 0) is 13.3 Å². The maximum absolute atomic E-state index is 5.63. The lowest BCUT2D eigenvalue weighted by Gasteiger charge is -2.12. The highest BCUT2D eigenvalue weighted by atomic mass is 32.1. The Morgan fingerprint density at radius 2 is 2.39 bits per heavy atom. The molecule has 0 bridgehead atoms. The van der Waals surface area contributed by atoms with Gasteiger partial charge in [0.15, 0.2) is 0 Å². The number of hydrazine groups is 1. The molecule has 6 heteroatoms. The quantitative estimate of drug-likeness (QED) is 0.617. The smallest absolute Gasteiger partial charge is 0.0947 e. The molecule has 0 spiro atoms. The highest BCUT2D eigenvalue weighted by Crippen LogP contribution is 2.19. The molecular formula is C12H19N5S. The molecule has 0 saturated carbocycles. The number of nitrogens with two attached hydrogens (primary N) is 1. The number of aromatic nitrogens is 3. The molecule has 2 heterocycles. The van der Waals surface area contributed by atoms with E-state index in [1.54, 1.807) is 11.3 Å². The van der Waals surface area contributed by atoms with Gasteiger partial charge in [0, 0.05) is 35.8 Å². The van der Waals surface area contributed by atoms with Crippen molar-refractivity contribution in [2.45, 2.75) is 39.3 Å². The van der Waals surface area contributed by atoms with E-state index in [9.17, 15) is 0 Å². The van der Waals surface area contributed by atoms with Crippen LogP contribution in [0.2, 0.25) is 0 Å². The van der Waals surface area contributed by atoms with Gasteiger partial charge in [-0.3, -0.25) is 16.0 Å². The Kier molecular flexibility index (Phi) is 4.46. The summed E-state index contributed by atoms with van der Waals surface area (Å²) in [5.41, 5.74) is 5.02.